The largest absolute Gasteiger partial charge is 0.394 e. The van der Waals surface area contributed by atoms with Crippen LogP contribution in [0.15, 0.2) is 0 Å². The summed E-state index contributed by atoms with van der Waals surface area (Å²) in [6.45, 7) is 1.27. The minimum absolute atomic E-state index is 0.857. The molecule has 6 nitrogen and oxygen atoms in total. The van der Waals surface area contributed by atoms with E-state index in [0.717, 1.165) is 38.3 Å². The van der Waals surface area contributed by atoms with Crippen molar-refractivity contribution in [3.8, 4) is 0 Å². The Kier molecular flexibility index (Phi) is 7.15. The number of hydrogen-bond acceptors (Lipinski definition) is 4. The van der Waals surface area contributed by atoms with Crippen LogP contribution in [0, 0.1) is 0 Å². The molecule has 2 amide bonds. The van der Waals surface area contributed by atoms with Crippen molar-refractivity contribution < 1.29 is 54.9 Å². The summed E-state index contributed by atoms with van der Waals surface area (Å²) in [5.41, 5.74) is -3.95. The average Bonchev–Trinajstić information content (AvgIpc) is 2.53. The lowest BCUT2D eigenvalue weighted by Crippen LogP contribution is -2.70. The molecule has 0 unspecified atom stereocenters. The topological polar surface area (TPSA) is 98.7 Å². The molecule has 0 aliphatic rings. The van der Waals surface area contributed by atoms with Gasteiger partial charge >= 0.3 is 23.7 Å². The van der Waals surface area contributed by atoms with Crippen LogP contribution >= 0.6 is 0 Å². The van der Waals surface area contributed by atoms with Gasteiger partial charge in [0.15, 0.2) is 0 Å². The highest BCUT2D eigenvalue weighted by atomic mass is 19.4. The normalized spacial score (nSPS) is 14.6. The summed E-state index contributed by atoms with van der Waals surface area (Å²) in [6.07, 6.45) is 0. The molecule has 28 heavy (non-hydrogen) atoms. The third-order valence-electron chi connectivity index (χ3n) is 3.45. The van der Waals surface area contributed by atoms with Crippen LogP contribution in [0.3, 0.4) is 0 Å². The van der Waals surface area contributed by atoms with Gasteiger partial charge in [-0.25, -0.2) is 0 Å². The van der Waals surface area contributed by atoms with E-state index in [1.165, 1.54) is 0 Å². The van der Waals surface area contributed by atoms with Gasteiger partial charge < -0.3 is 20.8 Å². The molecule has 0 aromatic carbocycles. The second-order valence-electron chi connectivity index (χ2n) is 7.29. The average molecular weight is 432 g/mol. The Labute approximate surface area is 154 Å². The molecule has 0 aliphatic carbocycles. The van der Waals surface area contributed by atoms with Crippen LogP contribution in [0.2, 0.25) is 0 Å². The summed E-state index contributed by atoms with van der Waals surface area (Å²) >= 11 is 0. The molecule has 0 atom stereocenters. The molecule has 0 aromatic heterocycles. The first-order chi connectivity index (χ1) is 12.1. The van der Waals surface area contributed by atoms with Crippen LogP contribution in [0.4, 0.5) is 35.1 Å². The maximum Gasteiger partial charge on any atom is 0.392 e. The Balaban J connectivity index is 6.01. The number of aliphatic hydroxyl groups is 2. The zero-order chi connectivity index (χ0) is 23.0. The molecule has 0 fully saturated rings. The highest BCUT2D eigenvalue weighted by Gasteiger charge is 2.84. The van der Waals surface area contributed by atoms with Crippen LogP contribution in [-0.2, 0) is 9.59 Å². The molecule has 14 heteroatoms. The Morgan fingerprint density at radius 1 is 0.643 bits per heavy atom. The van der Waals surface area contributed by atoms with Crippen molar-refractivity contribution in [3.63, 3.8) is 0 Å². The van der Waals surface area contributed by atoms with E-state index >= 15 is 0 Å². The molecule has 0 rings (SSSR count). The fraction of sp³-hybridized carbons (Fsp3) is 0.857. The van der Waals surface area contributed by atoms with Crippen LogP contribution in [0.1, 0.15) is 27.7 Å². The number of amides is 2. The Morgan fingerprint density at radius 3 is 1.04 bits per heavy atom. The van der Waals surface area contributed by atoms with Gasteiger partial charge in [0, 0.05) is 0 Å². The zero-order valence-corrected chi connectivity index (χ0v) is 15.1. The highest BCUT2D eigenvalue weighted by Crippen LogP contribution is 2.52. The summed E-state index contributed by atoms with van der Waals surface area (Å²) in [5, 5.41) is 19.9. The molecule has 0 aliphatic heterocycles. The van der Waals surface area contributed by atoms with Crippen molar-refractivity contribution in [1.82, 2.24) is 10.6 Å². The molecule has 0 saturated carbocycles. The van der Waals surface area contributed by atoms with Crippen LogP contribution in [0.5, 0.6) is 0 Å². The molecule has 0 aromatic rings. The molecule has 0 heterocycles. The lowest BCUT2D eigenvalue weighted by Gasteiger charge is -2.37. The van der Waals surface area contributed by atoms with Crippen molar-refractivity contribution in [3.05, 3.63) is 0 Å². The first-order valence-corrected chi connectivity index (χ1v) is 7.51. The molecular weight excluding hydrogens is 412 g/mol. The van der Waals surface area contributed by atoms with Gasteiger partial charge in [-0.1, -0.05) is 0 Å². The van der Waals surface area contributed by atoms with E-state index in [1.54, 1.807) is 0 Å². The molecule has 0 saturated heterocycles. The van der Waals surface area contributed by atoms with Crippen LogP contribution in [0.25, 0.3) is 0 Å². The molecule has 166 valence electrons. The van der Waals surface area contributed by atoms with Crippen LogP contribution < -0.4 is 10.6 Å². The van der Waals surface area contributed by atoms with E-state index < -0.39 is 59.8 Å². The van der Waals surface area contributed by atoms with Crippen molar-refractivity contribution in [2.24, 2.45) is 0 Å². The second kappa shape index (κ2) is 7.61. The fourth-order valence-electron chi connectivity index (χ4n) is 1.53. The predicted octanol–water partition coefficient (Wildman–Crippen LogP) is 1.30. The number of carbonyl (C=O) groups excluding carboxylic acids is 2. The van der Waals surface area contributed by atoms with E-state index in [4.69, 9.17) is 10.2 Å². The molecule has 4 N–H and O–H groups in total. The van der Waals surface area contributed by atoms with E-state index in [-0.39, 0.29) is 0 Å². The third kappa shape index (κ3) is 4.64. The minimum atomic E-state index is -7.01. The van der Waals surface area contributed by atoms with Gasteiger partial charge in [-0.15, -0.1) is 0 Å². The number of aliphatic hydroxyl groups excluding tert-OH is 2. The number of nitrogens with one attached hydrogen (secondary N) is 2. The van der Waals surface area contributed by atoms with E-state index in [0.29, 0.717) is 0 Å². The summed E-state index contributed by atoms with van der Waals surface area (Å²) < 4.78 is 110. The van der Waals surface area contributed by atoms with Crippen molar-refractivity contribution in [2.75, 3.05) is 13.2 Å². The lowest BCUT2D eigenvalue weighted by molar-refractivity contribution is -0.348. The SMILES string of the molecule is CC(C)(CO)NC(=O)C(F)(F)C(F)(F)C(F)(F)C(F)(F)C(=O)NC(C)(C)CO. The van der Waals surface area contributed by atoms with Gasteiger partial charge in [0.1, 0.15) is 0 Å². The Morgan fingerprint density at radius 2 is 0.857 bits per heavy atom. The van der Waals surface area contributed by atoms with Gasteiger partial charge in [0.2, 0.25) is 0 Å². The van der Waals surface area contributed by atoms with E-state index in [9.17, 15) is 44.7 Å². The Hall–Kier alpha value is -1.70. The Bertz CT molecular complexity index is 556. The monoisotopic (exact) mass is 432 g/mol. The second-order valence-corrected chi connectivity index (χ2v) is 7.29. The fourth-order valence-corrected chi connectivity index (χ4v) is 1.53. The van der Waals surface area contributed by atoms with Crippen molar-refractivity contribution in [2.45, 2.75) is 62.5 Å². The maximum absolute atomic E-state index is 13.7. The predicted molar refractivity (Wildman–Crippen MR) is 78.4 cm³/mol. The van der Waals surface area contributed by atoms with Gasteiger partial charge in [0.25, 0.3) is 11.8 Å². The van der Waals surface area contributed by atoms with Gasteiger partial charge in [-0.3, -0.25) is 9.59 Å². The lowest BCUT2D eigenvalue weighted by atomic mass is 9.95. The van der Waals surface area contributed by atoms with Gasteiger partial charge in [-0.05, 0) is 27.7 Å². The number of halogens is 8. The molecular formula is C14H20F8N2O4. The molecule has 0 radical (unpaired) electrons. The maximum atomic E-state index is 13.7. The van der Waals surface area contributed by atoms with E-state index in [2.05, 4.69) is 0 Å². The zero-order valence-electron chi connectivity index (χ0n) is 15.1. The van der Waals surface area contributed by atoms with Crippen LogP contribution in [-0.4, -0.2) is 70.0 Å². The highest BCUT2D eigenvalue weighted by molar-refractivity contribution is 5.88. The number of carbonyl (C=O) groups is 2. The summed E-state index contributed by atoms with van der Waals surface area (Å²) in [4.78, 5) is 22.7. The minimum Gasteiger partial charge on any atom is -0.394 e. The quantitative estimate of drug-likeness (QED) is 0.413. The number of alkyl halides is 8. The smallest absolute Gasteiger partial charge is 0.392 e. The first kappa shape index (κ1) is 26.3. The molecule has 0 spiro atoms. The van der Waals surface area contributed by atoms with Crippen molar-refractivity contribution >= 4 is 11.8 Å². The number of hydrogen-bond donors (Lipinski definition) is 4. The standard InChI is InChI=1S/C14H20F8N2O4/c1-9(2,5-25)23-7(27)11(15,16)13(19,20)14(21,22)12(17,18)8(28)24-10(3,4)6-26/h25-26H,5-6H2,1-4H3,(H,23,27)(H,24,28). The van der Waals surface area contributed by atoms with E-state index in [1.807, 2.05) is 0 Å². The summed E-state index contributed by atoms with van der Waals surface area (Å²) in [7, 11) is 0. The first-order valence-electron chi connectivity index (χ1n) is 7.51. The van der Waals surface area contributed by atoms with Crippen molar-refractivity contribution in [1.29, 1.82) is 0 Å². The summed E-state index contributed by atoms with van der Waals surface area (Å²) in [5.74, 6) is -32.9. The van der Waals surface area contributed by atoms with Gasteiger partial charge in [0.05, 0.1) is 24.3 Å². The van der Waals surface area contributed by atoms with Gasteiger partial charge in [-0.2, -0.15) is 35.1 Å². The summed E-state index contributed by atoms with van der Waals surface area (Å²) in [6, 6.07) is 0. The third-order valence-corrected chi connectivity index (χ3v) is 3.45. The molecule has 0 bridgehead atoms. The number of rotatable bonds is 9.